The van der Waals surface area contributed by atoms with E-state index in [1.165, 1.54) is 0 Å². The van der Waals surface area contributed by atoms with E-state index in [0.717, 1.165) is 47.6 Å². The minimum absolute atomic E-state index is 0.00838. The Labute approximate surface area is 131 Å². The molecule has 2 rings (SSSR count). The highest BCUT2D eigenvalue weighted by Crippen LogP contribution is 2.39. The molecule has 0 unspecified atom stereocenters. The number of primary sulfonamides is 1. The first kappa shape index (κ1) is 16.6. The molecule has 118 valence electrons. The maximum atomic E-state index is 11.5. The zero-order valence-corrected chi connectivity index (χ0v) is 14.1. The summed E-state index contributed by atoms with van der Waals surface area (Å²) in [6.45, 7) is 4.24. The van der Waals surface area contributed by atoms with Crippen molar-refractivity contribution in [3.63, 3.8) is 0 Å². The topological polar surface area (TPSA) is 69.4 Å². The van der Waals surface area contributed by atoms with Crippen molar-refractivity contribution in [2.45, 2.75) is 39.5 Å². The zero-order chi connectivity index (χ0) is 15.7. The fraction of sp³-hybridized carbons (Fsp3) is 0.600. The number of sulfonamides is 1. The molecule has 0 amide bonds. The molecule has 4 nitrogen and oxygen atoms in total. The van der Waals surface area contributed by atoms with Gasteiger partial charge >= 0.3 is 0 Å². The predicted octanol–water partition coefficient (Wildman–Crippen LogP) is 3.18. The molecular weight excluding hydrogens is 310 g/mol. The van der Waals surface area contributed by atoms with Crippen LogP contribution >= 0.6 is 11.6 Å². The van der Waals surface area contributed by atoms with Gasteiger partial charge in [0.25, 0.3) is 0 Å². The standard InChI is InChI=1S/C15H22ClNO3S/c1-11-7-13(8-12(2)14(11)16)20-9-15(5-3-4-6-15)10-21(17,18)19/h7-8H,3-6,9-10H2,1-2H3,(H2,17,18,19). The summed E-state index contributed by atoms with van der Waals surface area (Å²) >= 11 is 6.14. The monoisotopic (exact) mass is 331 g/mol. The maximum Gasteiger partial charge on any atom is 0.209 e. The number of aryl methyl sites for hydroxylation is 2. The quantitative estimate of drug-likeness (QED) is 0.900. The molecule has 6 heteroatoms. The first-order chi connectivity index (χ1) is 9.71. The third kappa shape index (κ3) is 4.34. The molecule has 1 aliphatic rings. The first-order valence-electron chi connectivity index (χ1n) is 7.11. The lowest BCUT2D eigenvalue weighted by Gasteiger charge is -2.28. The van der Waals surface area contributed by atoms with Gasteiger partial charge < -0.3 is 4.74 Å². The van der Waals surface area contributed by atoms with E-state index in [1.54, 1.807) is 0 Å². The molecule has 0 aromatic heterocycles. The van der Waals surface area contributed by atoms with Gasteiger partial charge in [-0.05, 0) is 49.9 Å². The molecule has 21 heavy (non-hydrogen) atoms. The Balaban J connectivity index is 2.13. The second kappa shape index (κ2) is 6.15. The van der Waals surface area contributed by atoms with Crippen LogP contribution in [0, 0.1) is 19.3 Å². The molecule has 1 aliphatic carbocycles. The van der Waals surface area contributed by atoms with Gasteiger partial charge in [-0.1, -0.05) is 24.4 Å². The van der Waals surface area contributed by atoms with Crippen molar-refractivity contribution in [3.8, 4) is 5.75 Å². The van der Waals surface area contributed by atoms with E-state index >= 15 is 0 Å². The molecule has 1 aromatic carbocycles. The number of nitrogens with two attached hydrogens (primary N) is 1. The average Bonchev–Trinajstić information content (AvgIpc) is 2.80. The summed E-state index contributed by atoms with van der Waals surface area (Å²) < 4.78 is 28.8. The summed E-state index contributed by atoms with van der Waals surface area (Å²) in [7, 11) is -3.49. The van der Waals surface area contributed by atoms with Crippen LogP contribution in [-0.4, -0.2) is 20.8 Å². The number of rotatable bonds is 5. The van der Waals surface area contributed by atoms with Crippen molar-refractivity contribution in [3.05, 3.63) is 28.3 Å². The Bertz CT molecular complexity index is 599. The van der Waals surface area contributed by atoms with Crippen molar-refractivity contribution < 1.29 is 13.2 Å². The van der Waals surface area contributed by atoms with Gasteiger partial charge in [0.15, 0.2) is 0 Å². The molecule has 1 saturated carbocycles. The summed E-state index contributed by atoms with van der Waals surface area (Å²) in [5.41, 5.74) is 1.56. The van der Waals surface area contributed by atoms with Crippen LogP contribution < -0.4 is 9.88 Å². The molecule has 0 saturated heterocycles. The second-order valence-corrected chi connectivity index (χ2v) is 8.17. The Kier molecular flexibility index (Phi) is 4.85. The van der Waals surface area contributed by atoms with E-state index in [0.29, 0.717) is 6.61 Å². The molecule has 0 atom stereocenters. The molecule has 0 heterocycles. The molecule has 0 aliphatic heterocycles. The molecule has 1 fully saturated rings. The number of benzene rings is 1. The lowest BCUT2D eigenvalue weighted by Crippen LogP contribution is -2.36. The van der Waals surface area contributed by atoms with Crippen LogP contribution in [0.2, 0.25) is 5.02 Å². The highest BCUT2D eigenvalue weighted by atomic mass is 35.5. The summed E-state index contributed by atoms with van der Waals surface area (Å²) in [6, 6.07) is 3.77. The van der Waals surface area contributed by atoms with E-state index < -0.39 is 10.0 Å². The Morgan fingerprint density at radius 3 is 2.24 bits per heavy atom. The van der Waals surface area contributed by atoms with E-state index in [4.69, 9.17) is 21.5 Å². The molecule has 0 radical (unpaired) electrons. The summed E-state index contributed by atoms with van der Waals surface area (Å²) in [4.78, 5) is 0. The molecule has 1 aromatic rings. The van der Waals surface area contributed by atoms with Crippen LogP contribution in [0.25, 0.3) is 0 Å². The minimum atomic E-state index is -3.49. The van der Waals surface area contributed by atoms with Crippen LogP contribution in [-0.2, 0) is 10.0 Å². The minimum Gasteiger partial charge on any atom is -0.493 e. The first-order valence-corrected chi connectivity index (χ1v) is 9.20. The third-order valence-electron chi connectivity index (χ3n) is 4.13. The molecule has 0 bridgehead atoms. The molecular formula is C15H22ClNO3S. The Hall–Kier alpha value is -0.780. The van der Waals surface area contributed by atoms with Crippen molar-refractivity contribution >= 4 is 21.6 Å². The van der Waals surface area contributed by atoms with Crippen molar-refractivity contribution in [2.75, 3.05) is 12.4 Å². The van der Waals surface area contributed by atoms with Gasteiger partial charge in [0.1, 0.15) is 5.75 Å². The lowest BCUT2D eigenvalue weighted by molar-refractivity contribution is 0.170. The van der Waals surface area contributed by atoms with E-state index in [-0.39, 0.29) is 11.2 Å². The largest absolute Gasteiger partial charge is 0.493 e. The summed E-state index contributed by atoms with van der Waals surface area (Å²) in [5, 5.41) is 5.98. The lowest BCUT2D eigenvalue weighted by atomic mass is 9.90. The van der Waals surface area contributed by atoms with Crippen molar-refractivity contribution in [1.29, 1.82) is 0 Å². The van der Waals surface area contributed by atoms with Gasteiger partial charge in [0.05, 0.1) is 12.4 Å². The highest BCUT2D eigenvalue weighted by Gasteiger charge is 2.38. The van der Waals surface area contributed by atoms with Gasteiger partial charge in [0, 0.05) is 10.4 Å². The number of hydrogen-bond donors (Lipinski definition) is 1. The van der Waals surface area contributed by atoms with Gasteiger partial charge in [-0.3, -0.25) is 0 Å². The predicted molar refractivity (Wildman–Crippen MR) is 85.3 cm³/mol. The fourth-order valence-electron chi connectivity index (χ4n) is 3.11. The fourth-order valence-corrected chi connectivity index (χ4v) is 4.44. The van der Waals surface area contributed by atoms with Crippen LogP contribution in [0.4, 0.5) is 0 Å². The Morgan fingerprint density at radius 1 is 1.24 bits per heavy atom. The van der Waals surface area contributed by atoms with Gasteiger partial charge in [-0.15, -0.1) is 0 Å². The number of hydrogen-bond acceptors (Lipinski definition) is 3. The SMILES string of the molecule is Cc1cc(OCC2(CS(N)(=O)=O)CCCC2)cc(C)c1Cl. The molecule has 0 spiro atoms. The summed E-state index contributed by atoms with van der Waals surface area (Å²) in [6.07, 6.45) is 3.74. The van der Waals surface area contributed by atoms with Crippen LogP contribution in [0.15, 0.2) is 12.1 Å². The van der Waals surface area contributed by atoms with Crippen molar-refractivity contribution in [2.24, 2.45) is 10.6 Å². The van der Waals surface area contributed by atoms with Crippen LogP contribution in [0.3, 0.4) is 0 Å². The normalized spacial score (nSPS) is 17.9. The maximum absolute atomic E-state index is 11.5. The van der Waals surface area contributed by atoms with E-state index in [1.807, 2.05) is 26.0 Å². The van der Waals surface area contributed by atoms with E-state index in [2.05, 4.69) is 0 Å². The number of halogens is 1. The van der Waals surface area contributed by atoms with Gasteiger partial charge in [0.2, 0.25) is 10.0 Å². The van der Waals surface area contributed by atoms with Gasteiger partial charge in [-0.25, -0.2) is 13.6 Å². The van der Waals surface area contributed by atoms with Gasteiger partial charge in [-0.2, -0.15) is 0 Å². The van der Waals surface area contributed by atoms with Crippen LogP contribution in [0.1, 0.15) is 36.8 Å². The third-order valence-corrected chi connectivity index (χ3v) is 5.74. The second-order valence-electron chi connectivity index (χ2n) is 6.17. The highest BCUT2D eigenvalue weighted by molar-refractivity contribution is 7.89. The van der Waals surface area contributed by atoms with E-state index in [9.17, 15) is 8.42 Å². The van der Waals surface area contributed by atoms with Crippen molar-refractivity contribution in [1.82, 2.24) is 0 Å². The summed E-state index contributed by atoms with van der Waals surface area (Å²) in [5.74, 6) is 0.723. The molecule has 2 N–H and O–H groups in total. The van der Waals surface area contributed by atoms with Crippen LogP contribution in [0.5, 0.6) is 5.75 Å². The zero-order valence-electron chi connectivity index (χ0n) is 12.5. The number of ether oxygens (including phenoxy) is 1. The average molecular weight is 332 g/mol. The smallest absolute Gasteiger partial charge is 0.209 e. The Morgan fingerprint density at radius 2 is 1.76 bits per heavy atom.